The minimum atomic E-state index is -0.639. The van der Waals surface area contributed by atoms with E-state index in [1.54, 1.807) is 18.2 Å². The third-order valence-corrected chi connectivity index (χ3v) is 4.73. The van der Waals surface area contributed by atoms with Gasteiger partial charge in [-0.05, 0) is 37.5 Å². The molecule has 1 aliphatic heterocycles. The first kappa shape index (κ1) is 17.5. The zero-order valence-electron chi connectivity index (χ0n) is 14.8. The van der Waals surface area contributed by atoms with Crippen LogP contribution in [-0.2, 0) is 4.74 Å². The van der Waals surface area contributed by atoms with Crippen LogP contribution in [0.2, 0.25) is 0 Å². The second-order valence-corrected chi connectivity index (χ2v) is 6.23. The Labute approximate surface area is 151 Å². The fraction of sp³-hybridized carbons (Fsp3) is 0.316. The molecular weight excluding hydrogens is 332 g/mol. The molecule has 0 bridgehead atoms. The Morgan fingerprint density at radius 1 is 1.27 bits per heavy atom. The molecule has 0 aliphatic carbocycles. The average molecular weight is 352 g/mol. The fourth-order valence-electron chi connectivity index (χ4n) is 3.31. The number of aromatic nitrogens is 1. The van der Waals surface area contributed by atoms with E-state index in [0.717, 1.165) is 25.9 Å². The summed E-state index contributed by atoms with van der Waals surface area (Å²) in [6.45, 7) is 3.33. The molecule has 1 amide bonds. The number of carbonyl (C=O) groups excluding carboxylic acids is 2. The molecule has 0 atom stereocenters. The molecule has 1 saturated heterocycles. The van der Waals surface area contributed by atoms with E-state index >= 15 is 0 Å². The monoisotopic (exact) mass is 352 g/mol. The molecule has 2 heterocycles. The minimum Gasteiger partial charge on any atom is -0.464 e. The predicted molar refractivity (Wildman–Crippen MR) is 96.1 cm³/mol. The first-order valence-electron chi connectivity index (χ1n) is 8.38. The van der Waals surface area contributed by atoms with Gasteiger partial charge in [0, 0.05) is 30.5 Å². The number of amides is 1. The van der Waals surface area contributed by atoms with E-state index in [4.69, 9.17) is 10.5 Å². The molecule has 1 aromatic carbocycles. The Balaban J connectivity index is 2.14. The van der Waals surface area contributed by atoms with E-state index in [1.807, 2.05) is 17.9 Å². The summed E-state index contributed by atoms with van der Waals surface area (Å²) in [6.07, 6.45) is 3.52. The van der Waals surface area contributed by atoms with Crippen LogP contribution in [0.15, 0.2) is 24.4 Å². The fourth-order valence-corrected chi connectivity index (χ4v) is 3.31. The van der Waals surface area contributed by atoms with E-state index < -0.39 is 5.97 Å². The quantitative estimate of drug-likeness (QED) is 0.854. The van der Waals surface area contributed by atoms with Crippen LogP contribution in [-0.4, -0.2) is 41.5 Å². The van der Waals surface area contributed by atoms with Crippen molar-refractivity contribution >= 4 is 17.6 Å². The van der Waals surface area contributed by atoms with Gasteiger partial charge in [-0.3, -0.25) is 4.79 Å². The van der Waals surface area contributed by atoms with Gasteiger partial charge >= 0.3 is 5.97 Å². The summed E-state index contributed by atoms with van der Waals surface area (Å²) < 4.78 is 6.34. The Bertz CT molecular complexity index is 918. The molecule has 1 aromatic heterocycles. The van der Waals surface area contributed by atoms with Crippen LogP contribution in [0.25, 0.3) is 5.69 Å². The van der Waals surface area contributed by atoms with Crippen LogP contribution < -0.4 is 5.73 Å². The number of nitrogens with two attached hydrogens (primary N) is 1. The van der Waals surface area contributed by atoms with Crippen molar-refractivity contribution in [2.75, 3.05) is 25.9 Å². The first-order chi connectivity index (χ1) is 12.5. The lowest BCUT2D eigenvalue weighted by atomic mass is 10.1. The molecule has 7 nitrogen and oxygen atoms in total. The molecule has 26 heavy (non-hydrogen) atoms. The molecule has 3 rings (SSSR count). The summed E-state index contributed by atoms with van der Waals surface area (Å²) in [5.74, 6) is -0.665. The molecule has 1 aliphatic rings. The number of rotatable bonds is 3. The lowest BCUT2D eigenvalue weighted by Crippen LogP contribution is -2.28. The molecule has 0 radical (unpaired) electrons. The van der Waals surface area contributed by atoms with Crippen molar-refractivity contribution in [3.05, 3.63) is 46.8 Å². The third-order valence-electron chi connectivity index (χ3n) is 4.73. The minimum absolute atomic E-state index is 0.0258. The van der Waals surface area contributed by atoms with Crippen molar-refractivity contribution in [2.24, 2.45) is 0 Å². The molecule has 0 spiro atoms. The van der Waals surface area contributed by atoms with E-state index in [9.17, 15) is 14.9 Å². The van der Waals surface area contributed by atoms with Crippen LogP contribution in [0.5, 0.6) is 0 Å². The number of methoxy groups -OCH3 is 1. The Morgan fingerprint density at radius 2 is 1.96 bits per heavy atom. The number of hydrogen-bond acceptors (Lipinski definition) is 5. The second-order valence-electron chi connectivity index (χ2n) is 6.23. The van der Waals surface area contributed by atoms with Crippen LogP contribution in [0.1, 0.15) is 44.8 Å². The average Bonchev–Trinajstić information content (AvgIpc) is 3.29. The number of esters is 1. The van der Waals surface area contributed by atoms with E-state index in [2.05, 4.69) is 0 Å². The van der Waals surface area contributed by atoms with Gasteiger partial charge in [0.15, 0.2) is 5.69 Å². The summed E-state index contributed by atoms with van der Waals surface area (Å²) in [7, 11) is 1.26. The van der Waals surface area contributed by atoms with Gasteiger partial charge in [-0.2, -0.15) is 5.26 Å². The second kappa shape index (κ2) is 6.92. The topological polar surface area (TPSA) is 101 Å². The van der Waals surface area contributed by atoms with Crippen molar-refractivity contribution < 1.29 is 14.3 Å². The maximum absolute atomic E-state index is 12.8. The third kappa shape index (κ3) is 2.80. The van der Waals surface area contributed by atoms with Gasteiger partial charge in [-0.1, -0.05) is 6.07 Å². The van der Waals surface area contributed by atoms with Gasteiger partial charge in [0.2, 0.25) is 0 Å². The Kier molecular flexibility index (Phi) is 4.67. The summed E-state index contributed by atoms with van der Waals surface area (Å²) in [5, 5.41) is 9.26. The largest absolute Gasteiger partial charge is 0.464 e. The van der Waals surface area contributed by atoms with Crippen LogP contribution in [0, 0.1) is 18.3 Å². The number of nitrogens with zero attached hydrogens (tertiary/aromatic N) is 3. The van der Waals surface area contributed by atoms with Crippen molar-refractivity contribution in [3.8, 4) is 11.8 Å². The standard InChI is InChI=1S/C19H20N4O3/c1-12-14(18(24)22-8-3-4-9-22)6-5-7-15(12)23-11-13(10-20)16(21)17(23)19(25)26-2/h5-7,11H,3-4,8-9,21H2,1-2H3. The summed E-state index contributed by atoms with van der Waals surface area (Å²) in [4.78, 5) is 26.8. The van der Waals surface area contributed by atoms with Crippen LogP contribution in [0.4, 0.5) is 5.69 Å². The highest BCUT2D eigenvalue weighted by molar-refractivity contribution is 5.98. The van der Waals surface area contributed by atoms with Crippen molar-refractivity contribution in [1.29, 1.82) is 5.26 Å². The van der Waals surface area contributed by atoms with Gasteiger partial charge in [0.1, 0.15) is 6.07 Å². The number of ether oxygens (including phenoxy) is 1. The number of benzene rings is 1. The zero-order valence-corrected chi connectivity index (χ0v) is 14.8. The zero-order chi connectivity index (χ0) is 18.8. The van der Waals surface area contributed by atoms with Gasteiger partial charge < -0.3 is 19.9 Å². The maximum Gasteiger partial charge on any atom is 0.357 e. The number of anilines is 1. The van der Waals surface area contributed by atoms with Crippen molar-refractivity contribution in [3.63, 3.8) is 0 Å². The molecule has 7 heteroatoms. The lowest BCUT2D eigenvalue weighted by Gasteiger charge is -2.19. The van der Waals surface area contributed by atoms with E-state index in [1.165, 1.54) is 17.9 Å². The Hall–Kier alpha value is -3.27. The molecule has 2 aromatic rings. The van der Waals surface area contributed by atoms with Gasteiger partial charge in [0.05, 0.1) is 18.4 Å². The molecule has 1 fully saturated rings. The highest BCUT2D eigenvalue weighted by Crippen LogP contribution is 2.28. The lowest BCUT2D eigenvalue weighted by molar-refractivity contribution is 0.0592. The number of nitrogen functional groups attached to an aromatic ring is 1. The Morgan fingerprint density at radius 3 is 2.58 bits per heavy atom. The predicted octanol–water partition coefficient (Wildman–Crippen LogP) is 2.26. The summed E-state index contributed by atoms with van der Waals surface area (Å²) in [5.41, 5.74) is 8.19. The van der Waals surface area contributed by atoms with Gasteiger partial charge in [0.25, 0.3) is 5.91 Å². The molecule has 134 valence electrons. The number of nitriles is 1. The van der Waals surface area contributed by atoms with Crippen LogP contribution >= 0.6 is 0 Å². The molecule has 2 N–H and O–H groups in total. The van der Waals surface area contributed by atoms with Gasteiger partial charge in [-0.15, -0.1) is 0 Å². The smallest absolute Gasteiger partial charge is 0.357 e. The molecule has 0 unspecified atom stereocenters. The van der Waals surface area contributed by atoms with Gasteiger partial charge in [-0.25, -0.2) is 4.79 Å². The highest BCUT2D eigenvalue weighted by atomic mass is 16.5. The first-order valence-corrected chi connectivity index (χ1v) is 8.38. The molecular formula is C19H20N4O3. The maximum atomic E-state index is 12.8. The molecule has 0 saturated carbocycles. The van der Waals surface area contributed by atoms with E-state index in [0.29, 0.717) is 16.8 Å². The normalized spacial score (nSPS) is 13.5. The highest BCUT2D eigenvalue weighted by Gasteiger charge is 2.25. The van der Waals surface area contributed by atoms with Crippen molar-refractivity contribution in [1.82, 2.24) is 9.47 Å². The number of likely N-dealkylation sites (tertiary alicyclic amines) is 1. The van der Waals surface area contributed by atoms with E-state index in [-0.39, 0.29) is 22.9 Å². The summed E-state index contributed by atoms with van der Waals surface area (Å²) in [6, 6.07) is 7.29. The van der Waals surface area contributed by atoms with Crippen molar-refractivity contribution in [2.45, 2.75) is 19.8 Å². The number of hydrogen-bond donors (Lipinski definition) is 1. The SMILES string of the molecule is COC(=O)c1c(N)c(C#N)cn1-c1cccc(C(=O)N2CCCC2)c1C. The van der Waals surface area contributed by atoms with Crippen LogP contribution in [0.3, 0.4) is 0 Å². The number of carbonyl (C=O) groups is 2. The summed E-state index contributed by atoms with van der Waals surface area (Å²) >= 11 is 0.